The van der Waals surface area contributed by atoms with Gasteiger partial charge in [0, 0.05) is 36.3 Å². The van der Waals surface area contributed by atoms with Crippen LogP contribution in [-0.4, -0.2) is 4.98 Å². The van der Waals surface area contributed by atoms with Gasteiger partial charge in [-0.3, -0.25) is 0 Å². The lowest BCUT2D eigenvalue weighted by molar-refractivity contribution is -0.660. The number of pyridine rings is 2. The Labute approximate surface area is 150 Å². The lowest BCUT2D eigenvalue weighted by atomic mass is 9.97. The van der Waals surface area contributed by atoms with Crippen molar-refractivity contribution in [3.05, 3.63) is 58.9 Å². The van der Waals surface area contributed by atoms with Crippen molar-refractivity contribution in [3.63, 3.8) is 0 Å². The number of aromatic nitrogens is 2. The third-order valence-electron chi connectivity index (χ3n) is 4.34. The number of nitrogens with zero attached hydrogens (tertiary/aromatic N) is 2. The van der Waals surface area contributed by atoms with Gasteiger partial charge in [0.1, 0.15) is 7.05 Å². The number of hydrogen-bond acceptors (Lipinski definition) is 2. The first-order valence-electron chi connectivity index (χ1n) is 10.7. The molecule has 24 heavy (non-hydrogen) atoms. The molecule has 3 nitrogen and oxygen atoms in total. The molecule has 0 fully saturated rings. The monoisotopic (exact) mass is 323 g/mol. The first kappa shape index (κ1) is 9.58. The van der Waals surface area contributed by atoms with Crippen LogP contribution in [0.5, 0.6) is 0 Å². The van der Waals surface area contributed by atoms with E-state index in [1.807, 2.05) is 26.0 Å². The average Bonchev–Trinajstić information content (AvgIpc) is 2.97. The van der Waals surface area contributed by atoms with E-state index in [4.69, 9.17) is 12.6 Å². The molecule has 4 aromatic rings. The Hall–Kier alpha value is -2.68. The Morgan fingerprint density at radius 3 is 2.71 bits per heavy atom. The molecule has 0 aliphatic heterocycles. The van der Waals surface area contributed by atoms with E-state index < -0.39 is 13.7 Å². The van der Waals surface area contributed by atoms with E-state index >= 15 is 0 Å². The maximum absolute atomic E-state index is 8.03. The zero-order valence-electron chi connectivity index (χ0n) is 19.8. The van der Waals surface area contributed by atoms with Crippen LogP contribution < -0.4 is 4.57 Å². The van der Waals surface area contributed by atoms with E-state index in [0.29, 0.717) is 27.6 Å². The first-order chi connectivity index (χ1) is 13.9. The van der Waals surface area contributed by atoms with Crippen molar-refractivity contribution in [3.8, 4) is 11.3 Å². The Balaban J connectivity index is 2.12. The van der Waals surface area contributed by atoms with E-state index in [1.54, 1.807) is 36.0 Å². The van der Waals surface area contributed by atoms with E-state index in [9.17, 15) is 0 Å². The summed E-state index contributed by atoms with van der Waals surface area (Å²) in [6.45, 7) is -0.867. The van der Waals surface area contributed by atoms with Crippen LogP contribution in [0.3, 0.4) is 0 Å². The van der Waals surface area contributed by atoms with Crippen LogP contribution in [-0.2, 0) is 7.05 Å². The highest BCUT2D eigenvalue weighted by Crippen LogP contribution is 2.38. The summed E-state index contributed by atoms with van der Waals surface area (Å²) in [4.78, 5) is 4.44. The van der Waals surface area contributed by atoms with Crippen molar-refractivity contribution in [1.29, 1.82) is 0 Å². The molecular weight excluding hydrogens is 296 g/mol. The van der Waals surface area contributed by atoms with E-state index in [0.717, 1.165) is 17.0 Å². The zero-order valence-corrected chi connectivity index (χ0v) is 13.8. The Morgan fingerprint density at radius 1 is 1.08 bits per heavy atom. The topological polar surface area (TPSA) is 29.9 Å². The van der Waals surface area contributed by atoms with Gasteiger partial charge in [-0.05, 0) is 56.9 Å². The number of fused-ring (bicyclic) bond motifs is 3. The van der Waals surface area contributed by atoms with Crippen molar-refractivity contribution in [2.75, 3.05) is 0 Å². The quantitative estimate of drug-likeness (QED) is 0.475. The molecule has 0 amide bonds. The van der Waals surface area contributed by atoms with Crippen molar-refractivity contribution in [1.82, 2.24) is 4.98 Å². The van der Waals surface area contributed by atoms with Crippen LogP contribution >= 0.6 is 0 Å². The van der Waals surface area contributed by atoms with Gasteiger partial charge in [-0.25, -0.2) is 9.55 Å². The molecule has 0 saturated heterocycles. The maximum Gasteiger partial charge on any atom is 0.227 e. The largest absolute Gasteiger partial charge is 0.437 e. The summed E-state index contributed by atoms with van der Waals surface area (Å²) in [7, 11) is 1.76. The molecule has 0 aliphatic rings. The Kier molecular flexibility index (Phi) is 2.06. The van der Waals surface area contributed by atoms with E-state index in [2.05, 4.69) is 4.98 Å². The number of aryl methyl sites for hydroxylation is 5. The fourth-order valence-electron chi connectivity index (χ4n) is 3.24. The molecule has 0 aliphatic carbocycles. The van der Waals surface area contributed by atoms with Crippen LogP contribution in [0.1, 0.15) is 30.6 Å². The highest BCUT2D eigenvalue weighted by atomic mass is 16.3. The summed E-state index contributed by atoms with van der Waals surface area (Å²) in [5, 5.41) is 1.16. The fraction of sp³-hybridized carbons (Fsp3) is 0.238. The molecule has 0 unspecified atom stereocenters. The first-order valence-corrected chi connectivity index (χ1v) is 7.72. The molecule has 0 atom stereocenters. The van der Waals surface area contributed by atoms with Crippen LogP contribution in [0.15, 0.2) is 40.9 Å². The van der Waals surface area contributed by atoms with E-state index in [1.165, 1.54) is 0 Å². The number of benzene rings is 1. The third-order valence-corrected chi connectivity index (χ3v) is 4.34. The van der Waals surface area contributed by atoms with Crippen LogP contribution in [0, 0.1) is 27.6 Å². The molecule has 3 heterocycles. The van der Waals surface area contributed by atoms with Gasteiger partial charge in [-0.1, -0.05) is 6.07 Å². The van der Waals surface area contributed by atoms with Crippen molar-refractivity contribution < 1.29 is 17.2 Å². The van der Waals surface area contributed by atoms with Gasteiger partial charge in [-0.2, -0.15) is 0 Å². The molecule has 0 bridgehead atoms. The average molecular weight is 323 g/mol. The minimum Gasteiger partial charge on any atom is -0.437 e. The molecule has 120 valence electrons. The Morgan fingerprint density at radius 2 is 1.96 bits per heavy atom. The second-order valence-corrected chi connectivity index (χ2v) is 6.14. The fourth-order valence-corrected chi connectivity index (χ4v) is 3.24. The molecule has 0 radical (unpaired) electrons. The van der Waals surface area contributed by atoms with Gasteiger partial charge in [0.2, 0.25) is 11.4 Å². The molecule has 1 aromatic carbocycles. The molecule has 3 heteroatoms. The zero-order chi connectivity index (χ0) is 22.0. The SMILES string of the molecule is [2H]C([2H])([2H])c1ccc(-c2c(C)cc(C([2H])([2H])[2H])c3c2oc2nc(C)ccc23)[n+](C)c1. The molecule has 0 spiro atoms. The van der Waals surface area contributed by atoms with Crippen LogP contribution in [0.4, 0.5) is 0 Å². The molecular formula is C21H21N2O+. The van der Waals surface area contributed by atoms with Gasteiger partial charge in [0.15, 0.2) is 11.8 Å². The summed E-state index contributed by atoms with van der Waals surface area (Å²) in [6.07, 6.45) is 1.57. The summed E-state index contributed by atoms with van der Waals surface area (Å²) in [5.74, 6) is 0. The highest BCUT2D eigenvalue weighted by molar-refractivity contribution is 6.10. The second kappa shape index (κ2) is 5.17. The minimum atomic E-state index is -2.32. The lowest BCUT2D eigenvalue weighted by Gasteiger charge is -2.08. The smallest absolute Gasteiger partial charge is 0.227 e. The second-order valence-electron chi connectivity index (χ2n) is 6.14. The van der Waals surface area contributed by atoms with Gasteiger partial charge >= 0.3 is 0 Å². The summed E-state index contributed by atoms with van der Waals surface area (Å²) < 4.78 is 54.8. The maximum atomic E-state index is 8.03. The minimum absolute atomic E-state index is 0.213. The van der Waals surface area contributed by atoms with E-state index in [-0.39, 0.29) is 11.1 Å². The van der Waals surface area contributed by atoms with Gasteiger partial charge in [0.25, 0.3) is 0 Å². The summed E-state index contributed by atoms with van der Waals surface area (Å²) in [5.41, 5.74) is 4.18. The van der Waals surface area contributed by atoms with Gasteiger partial charge in [0.05, 0.1) is 5.56 Å². The number of hydrogen-bond donors (Lipinski definition) is 0. The van der Waals surface area contributed by atoms with Gasteiger partial charge < -0.3 is 4.42 Å². The molecule has 4 rings (SSSR count). The highest BCUT2D eigenvalue weighted by Gasteiger charge is 2.22. The Bertz CT molecular complexity index is 1300. The number of furan rings is 1. The molecule has 0 N–H and O–H groups in total. The van der Waals surface area contributed by atoms with Crippen molar-refractivity contribution in [2.45, 2.75) is 27.6 Å². The predicted octanol–water partition coefficient (Wildman–Crippen LogP) is 4.71. The lowest BCUT2D eigenvalue weighted by Crippen LogP contribution is -2.31. The standard InChI is InChI=1S/C21H21N2O/c1-12-6-9-17(23(5)11-12)19-14(3)10-13(2)18-16-8-7-15(4)22-21(16)24-20(18)19/h6-11H,1-5H3/q+1/i1D3,2D3. The molecule has 0 saturated carbocycles. The number of rotatable bonds is 1. The van der Waals surface area contributed by atoms with Crippen LogP contribution in [0.25, 0.3) is 33.3 Å². The third kappa shape index (κ3) is 2.12. The predicted molar refractivity (Wildman–Crippen MR) is 97.1 cm³/mol. The normalized spacial score (nSPS) is 16.3. The van der Waals surface area contributed by atoms with Crippen molar-refractivity contribution >= 4 is 22.1 Å². The van der Waals surface area contributed by atoms with Gasteiger partial charge in [-0.15, -0.1) is 0 Å². The molecule has 3 aromatic heterocycles. The van der Waals surface area contributed by atoms with Crippen LogP contribution in [0.2, 0.25) is 0 Å². The summed E-state index contributed by atoms with van der Waals surface area (Å²) >= 11 is 0. The summed E-state index contributed by atoms with van der Waals surface area (Å²) in [6, 6.07) is 8.61. The van der Waals surface area contributed by atoms with Crippen molar-refractivity contribution in [2.24, 2.45) is 7.05 Å².